The van der Waals surface area contributed by atoms with E-state index >= 15 is 0 Å². The quantitative estimate of drug-likeness (QED) is 0.149. The van der Waals surface area contributed by atoms with E-state index in [4.69, 9.17) is 5.73 Å². The molecule has 0 aromatic rings. The van der Waals surface area contributed by atoms with E-state index in [1.54, 1.807) is 0 Å². The lowest BCUT2D eigenvalue weighted by molar-refractivity contribution is -0.142. The molecule has 0 aromatic heterocycles. The van der Waals surface area contributed by atoms with Crippen molar-refractivity contribution in [2.45, 2.75) is 56.5 Å². The van der Waals surface area contributed by atoms with Gasteiger partial charge in [-0.05, 0) is 62.2 Å². The van der Waals surface area contributed by atoms with Crippen molar-refractivity contribution in [2.75, 3.05) is 36.0 Å². The number of carbonyl (C=O) groups is 4. The normalized spacial score (nSPS) is 15.7. The second kappa shape index (κ2) is 17.3. The fourth-order valence-electron chi connectivity index (χ4n) is 2.53. The summed E-state index contributed by atoms with van der Waals surface area (Å²) >= 11 is 4.44. The maximum absolute atomic E-state index is 12.9. The highest BCUT2D eigenvalue weighted by Crippen LogP contribution is 2.07. The summed E-state index contributed by atoms with van der Waals surface area (Å²) in [6, 6.07) is -4.15. The lowest BCUT2D eigenvalue weighted by Crippen LogP contribution is -2.58. The minimum absolute atomic E-state index is 0.259. The standard InChI is InChI=1S/C19H36N4O6S3/c1-11(24)15(20)18(27)22-13(6-9-31-3)16(25)21-12(5-8-30-2)17(26)23-14(19(28)29)7-10-32-4/h11-15,24H,5-10,20H2,1-4H3,(H,21,25)(H,22,27)(H,23,26)(H,28,29). The van der Waals surface area contributed by atoms with E-state index in [0.717, 1.165) is 0 Å². The highest BCUT2D eigenvalue weighted by Gasteiger charge is 2.30. The van der Waals surface area contributed by atoms with Crippen LogP contribution >= 0.6 is 35.3 Å². The van der Waals surface area contributed by atoms with E-state index in [1.807, 2.05) is 18.8 Å². The molecule has 0 spiro atoms. The molecule has 0 rings (SSSR count). The Bertz CT molecular complexity index is 612. The molecule has 32 heavy (non-hydrogen) atoms. The number of aliphatic hydroxyl groups is 1. The molecular weight excluding hydrogens is 476 g/mol. The summed E-state index contributed by atoms with van der Waals surface area (Å²) < 4.78 is 0. The molecule has 10 nitrogen and oxygen atoms in total. The van der Waals surface area contributed by atoms with Gasteiger partial charge in [-0.15, -0.1) is 0 Å². The van der Waals surface area contributed by atoms with Crippen LogP contribution in [0.2, 0.25) is 0 Å². The smallest absolute Gasteiger partial charge is 0.326 e. The fourth-order valence-corrected chi connectivity index (χ4v) is 3.95. The summed E-state index contributed by atoms with van der Waals surface area (Å²) in [5.41, 5.74) is 5.65. The van der Waals surface area contributed by atoms with Crippen LogP contribution in [0.1, 0.15) is 26.2 Å². The monoisotopic (exact) mass is 512 g/mol. The van der Waals surface area contributed by atoms with Crippen LogP contribution in [-0.4, -0.2) is 100 Å². The zero-order valence-electron chi connectivity index (χ0n) is 19.0. The van der Waals surface area contributed by atoms with Crippen molar-refractivity contribution in [3.05, 3.63) is 0 Å². The fraction of sp³-hybridized carbons (Fsp3) is 0.789. The Morgan fingerprint density at radius 2 is 1.09 bits per heavy atom. The molecule has 0 aliphatic rings. The number of nitrogens with two attached hydrogens (primary N) is 1. The van der Waals surface area contributed by atoms with Gasteiger partial charge in [0.15, 0.2) is 0 Å². The number of thioether (sulfide) groups is 3. The van der Waals surface area contributed by atoms with E-state index in [-0.39, 0.29) is 6.42 Å². The number of aliphatic carboxylic acids is 1. The van der Waals surface area contributed by atoms with Gasteiger partial charge in [0.05, 0.1) is 6.10 Å². The maximum atomic E-state index is 12.9. The Morgan fingerprint density at radius 3 is 1.44 bits per heavy atom. The largest absolute Gasteiger partial charge is 0.480 e. The number of hydrogen-bond acceptors (Lipinski definition) is 9. The number of amides is 3. The molecule has 0 aromatic carbocycles. The first-order valence-corrected chi connectivity index (χ1v) is 14.3. The van der Waals surface area contributed by atoms with Crippen LogP contribution in [0, 0.1) is 0 Å². The third-order valence-electron chi connectivity index (χ3n) is 4.53. The van der Waals surface area contributed by atoms with Crippen LogP contribution in [0.15, 0.2) is 0 Å². The molecule has 5 unspecified atom stereocenters. The van der Waals surface area contributed by atoms with E-state index in [2.05, 4.69) is 16.0 Å². The van der Waals surface area contributed by atoms with E-state index in [9.17, 15) is 29.4 Å². The van der Waals surface area contributed by atoms with Gasteiger partial charge in [-0.1, -0.05) is 0 Å². The van der Waals surface area contributed by atoms with Crippen molar-refractivity contribution >= 4 is 59.0 Å². The SMILES string of the molecule is CSCCC(NC(=O)C(CCSC)NC(=O)C(CCSC)NC(=O)C(N)C(C)O)C(=O)O. The van der Waals surface area contributed by atoms with Crippen molar-refractivity contribution in [1.82, 2.24) is 16.0 Å². The summed E-state index contributed by atoms with van der Waals surface area (Å²) in [6.07, 6.45) is 5.32. The molecule has 0 saturated heterocycles. The second-order valence-corrected chi connectivity index (χ2v) is 10.1. The molecule has 7 N–H and O–H groups in total. The second-order valence-electron chi connectivity index (χ2n) is 7.13. The average molecular weight is 513 g/mol. The van der Waals surface area contributed by atoms with Crippen LogP contribution in [-0.2, 0) is 19.2 Å². The molecule has 13 heteroatoms. The summed E-state index contributed by atoms with van der Waals surface area (Å²) in [5.74, 6) is -1.27. The van der Waals surface area contributed by atoms with Gasteiger partial charge >= 0.3 is 5.97 Å². The molecule has 0 aliphatic heterocycles. The Balaban J connectivity index is 5.37. The highest BCUT2D eigenvalue weighted by atomic mass is 32.2. The van der Waals surface area contributed by atoms with Crippen molar-refractivity contribution < 1.29 is 29.4 Å². The van der Waals surface area contributed by atoms with Gasteiger partial charge in [-0.2, -0.15) is 35.3 Å². The topological polar surface area (TPSA) is 171 Å². The van der Waals surface area contributed by atoms with E-state index in [1.165, 1.54) is 42.2 Å². The summed E-state index contributed by atoms with van der Waals surface area (Å²) in [5, 5.41) is 26.6. The summed E-state index contributed by atoms with van der Waals surface area (Å²) in [7, 11) is 0. The van der Waals surface area contributed by atoms with Crippen molar-refractivity contribution in [3.8, 4) is 0 Å². The molecule has 0 radical (unpaired) electrons. The van der Waals surface area contributed by atoms with E-state index in [0.29, 0.717) is 30.1 Å². The molecule has 5 atom stereocenters. The molecule has 3 amide bonds. The Hall–Kier alpha value is -1.15. The third kappa shape index (κ3) is 12.2. The van der Waals surface area contributed by atoms with Gasteiger partial charge in [-0.25, -0.2) is 4.79 Å². The minimum atomic E-state index is -1.19. The summed E-state index contributed by atoms with van der Waals surface area (Å²) in [6.45, 7) is 1.37. The van der Waals surface area contributed by atoms with Crippen LogP contribution in [0.5, 0.6) is 0 Å². The van der Waals surface area contributed by atoms with Gasteiger partial charge in [0.1, 0.15) is 24.2 Å². The first kappa shape index (κ1) is 30.9. The van der Waals surface area contributed by atoms with Crippen molar-refractivity contribution in [1.29, 1.82) is 0 Å². The highest BCUT2D eigenvalue weighted by molar-refractivity contribution is 7.98. The molecule has 0 heterocycles. The van der Waals surface area contributed by atoms with Gasteiger partial charge in [0.25, 0.3) is 0 Å². The van der Waals surface area contributed by atoms with Crippen LogP contribution in [0.25, 0.3) is 0 Å². The van der Waals surface area contributed by atoms with Crippen molar-refractivity contribution in [2.24, 2.45) is 5.73 Å². The van der Waals surface area contributed by atoms with Gasteiger partial charge in [-0.3, -0.25) is 14.4 Å². The number of carboxylic acid groups (broad SMARTS) is 1. The molecule has 0 saturated carbocycles. The predicted octanol–water partition coefficient (Wildman–Crippen LogP) is -0.507. The number of carboxylic acids is 1. The molecular formula is C19H36N4O6S3. The maximum Gasteiger partial charge on any atom is 0.326 e. The van der Waals surface area contributed by atoms with Crippen LogP contribution in [0.4, 0.5) is 0 Å². The average Bonchev–Trinajstić information content (AvgIpc) is 2.75. The Morgan fingerprint density at radius 1 is 0.750 bits per heavy atom. The van der Waals surface area contributed by atoms with Crippen molar-refractivity contribution in [3.63, 3.8) is 0 Å². The minimum Gasteiger partial charge on any atom is -0.480 e. The predicted molar refractivity (Wildman–Crippen MR) is 132 cm³/mol. The third-order valence-corrected chi connectivity index (χ3v) is 6.47. The van der Waals surface area contributed by atoms with Gasteiger partial charge < -0.3 is 31.9 Å². The zero-order valence-corrected chi connectivity index (χ0v) is 21.4. The number of rotatable bonds is 17. The van der Waals surface area contributed by atoms with Crippen LogP contribution < -0.4 is 21.7 Å². The Labute approximate surface area is 202 Å². The first-order chi connectivity index (χ1) is 15.1. The van der Waals surface area contributed by atoms with Gasteiger partial charge in [0.2, 0.25) is 17.7 Å². The molecule has 0 bridgehead atoms. The Kier molecular flexibility index (Phi) is 16.7. The van der Waals surface area contributed by atoms with Crippen LogP contribution in [0.3, 0.4) is 0 Å². The van der Waals surface area contributed by atoms with Gasteiger partial charge in [0, 0.05) is 0 Å². The lowest BCUT2D eigenvalue weighted by atomic mass is 10.1. The lowest BCUT2D eigenvalue weighted by Gasteiger charge is -2.25. The summed E-state index contributed by atoms with van der Waals surface area (Å²) in [4.78, 5) is 49.4. The molecule has 186 valence electrons. The number of aliphatic hydroxyl groups excluding tert-OH is 1. The van der Waals surface area contributed by atoms with E-state index < -0.39 is 54.0 Å². The number of hydrogen-bond donors (Lipinski definition) is 6. The first-order valence-electron chi connectivity index (χ1n) is 10.1. The molecule has 0 aliphatic carbocycles. The number of nitrogens with one attached hydrogen (secondary N) is 3. The number of carbonyl (C=O) groups excluding carboxylic acids is 3. The molecule has 0 fully saturated rings. The zero-order chi connectivity index (χ0) is 24.7.